The van der Waals surface area contributed by atoms with E-state index in [0.717, 1.165) is 15.2 Å². The van der Waals surface area contributed by atoms with Gasteiger partial charge in [-0.1, -0.05) is 70.0 Å². The van der Waals surface area contributed by atoms with Crippen LogP contribution in [-0.2, 0) is 4.79 Å². The van der Waals surface area contributed by atoms with Gasteiger partial charge in [-0.25, -0.2) is 10.2 Å². The Labute approximate surface area is 209 Å². The summed E-state index contributed by atoms with van der Waals surface area (Å²) in [6.45, 7) is -0.205. The number of nitrogens with zero attached hydrogens (tertiary/aromatic N) is 1. The highest BCUT2D eigenvalue weighted by atomic mass is 79.9. The van der Waals surface area contributed by atoms with Gasteiger partial charge in [0.05, 0.1) is 16.8 Å². The zero-order valence-corrected chi connectivity index (χ0v) is 20.0. The first-order valence-electron chi connectivity index (χ1n) is 10.2. The van der Waals surface area contributed by atoms with Crippen molar-refractivity contribution >= 4 is 56.4 Å². The van der Waals surface area contributed by atoms with Crippen molar-refractivity contribution < 1.29 is 19.1 Å². The molecule has 1 amide bonds. The number of halogens is 2. The van der Waals surface area contributed by atoms with Crippen LogP contribution in [0.15, 0.2) is 94.5 Å². The maximum absolute atomic E-state index is 12.7. The molecule has 0 radical (unpaired) electrons. The highest BCUT2D eigenvalue weighted by Crippen LogP contribution is 2.28. The maximum Gasteiger partial charge on any atom is 0.345 e. The van der Waals surface area contributed by atoms with Crippen molar-refractivity contribution in [3.63, 3.8) is 0 Å². The minimum Gasteiger partial charge on any atom is -0.484 e. The number of carbonyl (C=O) groups excluding carboxylic acids is 2. The molecule has 4 aromatic carbocycles. The van der Waals surface area contributed by atoms with Crippen molar-refractivity contribution in [3.05, 3.63) is 106 Å². The molecule has 0 fully saturated rings. The average Bonchev–Trinajstić information content (AvgIpc) is 2.85. The number of ether oxygens (including phenoxy) is 2. The third-order valence-electron chi connectivity index (χ3n) is 4.79. The molecule has 0 aliphatic heterocycles. The minimum atomic E-state index is -0.595. The topological polar surface area (TPSA) is 77.0 Å². The molecule has 0 aliphatic carbocycles. The zero-order chi connectivity index (χ0) is 23.9. The molecule has 0 heterocycles. The lowest BCUT2D eigenvalue weighted by Crippen LogP contribution is -2.24. The lowest BCUT2D eigenvalue weighted by Gasteiger charge is -2.11. The molecule has 0 spiro atoms. The number of benzene rings is 4. The molecule has 4 rings (SSSR count). The van der Waals surface area contributed by atoms with Gasteiger partial charge in [-0.3, -0.25) is 4.79 Å². The molecule has 0 saturated carbocycles. The van der Waals surface area contributed by atoms with Crippen LogP contribution in [0.3, 0.4) is 0 Å². The number of esters is 1. The predicted octanol–water partition coefficient (Wildman–Crippen LogP) is 6.00. The Kier molecular flexibility index (Phi) is 7.57. The number of amides is 1. The molecule has 170 valence electrons. The lowest BCUT2D eigenvalue weighted by atomic mass is 10.0. The molecule has 0 unspecified atom stereocenters. The third-order valence-corrected chi connectivity index (χ3v) is 5.65. The highest BCUT2D eigenvalue weighted by Gasteiger charge is 2.15. The van der Waals surface area contributed by atoms with Gasteiger partial charge in [-0.2, -0.15) is 5.10 Å². The van der Waals surface area contributed by atoms with Gasteiger partial charge in [0.25, 0.3) is 5.91 Å². The number of carbonyl (C=O) groups is 2. The first-order chi connectivity index (χ1) is 16.5. The molecular formula is C26H18BrClN2O4. The van der Waals surface area contributed by atoms with E-state index in [4.69, 9.17) is 21.1 Å². The summed E-state index contributed by atoms with van der Waals surface area (Å²) in [5.74, 6) is -0.186. The van der Waals surface area contributed by atoms with Crippen LogP contribution in [0.1, 0.15) is 15.9 Å². The van der Waals surface area contributed by atoms with E-state index in [1.807, 2.05) is 42.5 Å². The molecule has 0 saturated heterocycles. The third kappa shape index (κ3) is 5.81. The molecule has 0 aliphatic rings. The van der Waals surface area contributed by atoms with Gasteiger partial charge in [0, 0.05) is 10.0 Å². The van der Waals surface area contributed by atoms with Gasteiger partial charge in [-0.15, -0.1) is 0 Å². The van der Waals surface area contributed by atoms with E-state index in [0.29, 0.717) is 16.3 Å². The normalized spacial score (nSPS) is 10.9. The Morgan fingerprint density at radius 1 is 0.941 bits per heavy atom. The van der Waals surface area contributed by atoms with E-state index in [9.17, 15) is 9.59 Å². The molecule has 6 nitrogen and oxygen atoms in total. The SMILES string of the molecule is O=C(COc1ccc(Br)cc1)N/N=C/c1c(OC(=O)c2ccccc2Cl)ccc2ccccc12. The first kappa shape index (κ1) is 23.5. The van der Waals surface area contributed by atoms with Gasteiger partial charge >= 0.3 is 5.97 Å². The van der Waals surface area contributed by atoms with Crippen LogP contribution in [0.5, 0.6) is 11.5 Å². The number of hydrogen-bond donors (Lipinski definition) is 1. The van der Waals surface area contributed by atoms with Crippen molar-refractivity contribution in [3.8, 4) is 11.5 Å². The molecule has 0 aromatic heterocycles. The van der Waals surface area contributed by atoms with Crippen molar-refractivity contribution in [2.45, 2.75) is 0 Å². The number of rotatable bonds is 7. The second-order valence-electron chi connectivity index (χ2n) is 7.10. The van der Waals surface area contributed by atoms with E-state index < -0.39 is 11.9 Å². The predicted molar refractivity (Wildman–Crippen MR) is 136 cm³/mol. The summed E-state index contributed by atoms with van der Waals surface area (Å²) in [5.41, 5.74) is 3.22. The average molecular weight is 538 g/mol. The van der Waals surface area contributed by atoms with Crippen LogP contribution in [0.4, 0.5) is 0 Å². The Morgan fingerprint density at radius 2 is 1.68 bits per heavy atom. The Hall–Kier alpha value is -3.68. The number of fused-ring (bicyclic) bond motifs is 1. The monoisotopic (exact) mass is 536 g/mol. The van der Waals surface area contributed by atoms with Gasteiger partial charge in [0.1, 0.15) is 11.5 Å². The molecule has 8 heteroatoms. The summed E-state index contributed by atoms with van der Waals surface area (Å²) in [4.78, 5) is 24.9. The fraction of sp³-hybridized carbons (Fsp3) is 0.0385. The van der Waals surface area contributed by atoms with E-state index in [1.165, 1.54) is 6.21 Å². The Morgan fingerprint density at radius 3 is 2.47 bits per heavy atom. The molecule has 34 heavy (non-hydrogen) atoms. The maximum atomic E-state index is 12.7. The second kappa shape index (κ2) is 11.0. The second-order valence-corrected chi connectivity index (χ2v) is 8.43. The van der Waals surface area contributed by atoms with E-state index in [2.05, 4.69) is 26.5 Å². The van der Waals surface area contributed by atoms with Crippen molar-refractivity contribution in [1.82, 2.24) is 5.43 Å². The summed E-state index contributed by atoms with van der Waals surface area (Å²) in [5, 5.41) is 6.06. The van der Waals surface area contributed by atoms with Crippen LogP contribution in [0.2, 0.25) is 5.02 Å². The van der Waals surface area contributed by atoms with Gasteiger partial charge in [0.2, 0.25) is 0 Å². The lowest BCUT2D eigenvalue weighted by molar-refractivity contribution is -0.123. The Balaban J connectivity index is 1.51. The minimum absolute atomic E-state index is 0.205. The van der Waals surface area contributed by atoms with Crippen LogP contribution in [0.25, 0.3) is 10.8 Å². The standard InChI is InChI=1S/C26H18BrClN2O4/c27-18-10-12-19(13-11-18)33-16-25(31)30-29-15-22-20-6-2-1-5-17(20)9-14-24(22)34-26(32)21-7-3-4-8-23(21)28/h1-15H,16H2,(H,30,31)/b29-15+. The smallest absolute Gasteiger partial charge is 0.345 e. The van der Waals surface area contributed by atoms with Gasteiger partial charge in [0.15, 0.2) is 6.61 Å². The quantitative estimate of drug-likeness (QED) is 0.136. The number of hydrazone groups is 1. The van der Waals surface area contributed by atoms with Crippen LogP contribution in [0, 0.1) is 0 Å². The summed E-state index contributed by atoms with van der Waals surface area (Å²) in [6.07, 6.45) is 1.44. The van der Waals surface area contributed by atoms with Gasteiger partial charge < -0.3 is 9.47 Å². The zero-order valence-electron chi connectivity index (χ0n) is 17.7. The molecule has 0 bridgehead atoms. The molecular weight excluding hydrogens is 520 g/mol. The summed E-state index contributed by atoms with van der Waals surface area (Å²) >= 11 is 9.48. The molecule has 4 aromatic rings. The first-order valence-corrected chi connectivity index (χ1v) is 11.4. The van der Waals surface area contributed by atoms with E-state index in [-0.39, 0.29) is 17.9 Å². The van der Waals surface area contributed by atoms with Crippen LogP contribution >= 0.6 is 27.5 Å². The van der Waals surface area contributed by atoms with E-state index >= 15 is 0 Å². The van der Waals surface area contributed by atoms with Crippen molar-refractivity contribution in [1.29, 1.82) is 0 Å². The summed E-state index contributed by atoms with van der Waals surface area (Å²) in [6, 6.07) is 24.9. The highest BCUT2D eigenvalue weighted by molar-refractivity contribution is 9.10. The molecule has 1 N–H and O–H groups in total. The van der Waals surface area contributed by atoms with Crippen molar-refractivity contribution in [2.24, 2.45) is 5.10 Å². The van der Waals surface area contributed by atoms with Crippen molar-refractivity contribution in [2.75, 3.05) is 6.61 Å². The number of nitrogens with one attached hydrogen (secondary N) is 1. The van der Waals surface area contributed by atoms with Crippen LogP contribution < -0.4 is 14.9 Å². The van der Waals surface area contributed by atoms with Gasteiger partial charge in [-0.05, 0) is 53.2 Å². The molecule has 0 atom stereocenters. The fourth-order valence-electron chi connectivity index (χ4n) is 3.16. The Bertz CT molecular complexity index is 1370. The fourth-order valence-corrected chi connectivity index (χ4v) is 3.64. The summed E-state index contributed by atoms with van der Waals surface area (Å²) in [7, 11) is 0. The van der Waals surface area contributed by atoms with Crippen LogP contribution in [-0.4, -0.2) is 24.7 Å². The number of hydrogen-bond acceptors (Lipinski definition) is 5. The largest absolute Gasteiger partial charge is 0.484 e. The van der Waals surface area contributed by atoms with E-state index in [1.54, 1.807) is 42.5 Å². The summed E-state index contributed by atoms with van der Waals surface area (Å²) < 4.78 is 12.0.